The molecule has 4 amide bonds. The highest BCUT2D eigenvalue weighted by atomic mass is 32.1. The summed E-state index contributed by atoms with van der Waals surface area (Å²) in [6.45, 7) is 1.91. The number of benzene rings is 2. The summed E-state index contributed by atoms with van der Waals surface area (Å²) in [6, 6.07) is 12.6. The normalized spacial score (nSPS) is 17.5. The number of imide groups is 1. The Morgan fingerprint density at radius 2 is 1.86 bits per heavy atom. The molecular formula is C25H23FN4O4S. The monoisotopic (exact) mass is 494 g/mol. The fraction of sp³-hybridized carbons (Fsp3) is 0.240. The van der Waals surface area contributed by atoms with E-state index in [0.29, 0.717) is 24.2 Å². The van der Waals surface area contributed by atoms with Gasteiger partial charge in [0.2, 0.25) is 17.7 Å². The van der Waals surface area contributed by atoms with Gasteiger partial charge in [-0.1, -0.05) is 31.2 Å². The van der Waals surface area contributed by atoms with Crippen molar-refractivity contribution in [2.24, 2.45) is 0 Å². The topological polar surface area (TPSA) is 117 Å². The molecule has 0 saturated carbocycles. The van der Waals surface area contributed by atoms with Crippen LogP contribution >= 0.6 is 11.3 Å². The van der Waals surface area contributed by atoms with Crippen LogP contribution in [-0.4, -0.2) is 28.6 Å². The van der Waals surface area contributed by atoms with Crippen molar-refractivity contribution in [2.45, 2.75) is 38.0 Å². The van der Waals surface area contributed by atoms with Gasteiger partial charge in [0.25, 0.3) is 5.91 Å². The van der Waals surface area contributed by atoms with Crippen molar-refractivity contribution >= 4 is 45.8 Å². The van der Waals surface area contributed by atoms with E-state index in [1.807, 2.05) is 6.92 Å². The van der Waals surface area contributed by atoms with Gasteiger partial charge >= 0.3 is 0 Å². The molecule has 2 aromatic carbocycles. The fourth-order valence-corrected chi connectivity index (χ4v) is 4.77. The molecule has 180 valence electrons. The average molecular weight is 495 g/mol. The van der Waals surface area contributed by atoms with E-state index in [9.17, 15) is 23.6 Å². The number of carbonyl (C=O) groups is 4. The highest BCUT2D eigenvalue weighted by Crippen LogP contribution is 2.36. The molecule has 4 rings (SSSR count). The fourth-order valence-electron chi connectivity index (χ4n) is 4.06. The third-order valence-electron chi connectivity index (χ3n) is 6.02. The number of carbonyl (C=O) groups excluding carboxylic acids is 4. The molecule has 8 nitrogen and oxygen atoms in total. The number of nitrogens with one attached hydrogen (secondary N) is 3. The van der Waals surface area contributed by atoms with Gasteiger partial charge in [-0.15, -0.1) is 11.3 Å². The summed E-state index contributed by atoms with van der Waals surface area (Å²) in [5.74, 6) is -2.11. The van der Waals surface area contributed by atoms with Gasteiger partial charge in [-0.05, 0) is 42.7 Å². The van der Waals surface area contributed by atoms with Crippen LogP contribution in [0.25, 0.3) is 0 Å². The van der Waals surface area contributed by atoms with Gasteiger partial charge in [-0.2, -0.15) is 0 Å². The number of rotatable bonds is 7. The number of aromatic nitrogens is 1. The lowest BCUT2D eigenvalue weighted by Gasteiger charge is -2.35. The van der Waals surface area contributed by atoms with Gasteiger partial charge < -0.3 is 5.32 Å². The molecule has 1 aromatic heterocycles. The maximum atomic E-state index is 13.8. The molecule has 10 heteroatoms. The molecule has 1 unspecified atom stereocenters. The summed E-state index contributed by atoms with van der Waals surface area (Å²) in [7, 11) is 0. The Bertz CT molecular complexity index is 1290. The summed E-state index contributed by atoms with van der Waals surface area (Å²) < 4.78 is 13.8. The molecule has 0 aliphatic carbocycles. The molecular weight excluding hydrogens is 471 g/mol. The second-order valence-electron chi connectivity index (χ2n) is 8.19. The standard InChI is InChI=1S/C25H23FN4O4S/c1-2-25(12-11-20(31)29-23(25)34)15-7-9-16(10-8-15)27-21(32)13-17-14-35-24(28-17)30-22(33)18-5-3-4-6-19(18)26/h3-10,14H,2,11-13H2,1H3,(H,27,32)(H,28,30,33)(H,29,31,34). The molecule has 1 atom stereocenters. The molecule has 1 aliphatic heterocycles. The van der Waals surface area contributed by atoms with E-state index in [-0.39, 0.29) is 41.3 Å². The third-order valence-corrected chi connectivity index (χ3v) is 6.83. The number of hydrogen-bond donors (Lipinski definition) is 3. The zero-order chi connectivity index (χ0) is 25.0. The minimum atomic E-state index is -0.763. The summed E-state index contributed by atoms with van der Waals surface area (Å²) in [5.41, 5.74) is 0.952. The zero-order valence-corrected chi connectivity index (χ0v) is 19.7. The Morgan fingerprint density at radius 1 is 1.11 bits per heavy atom. The maximum Gasteiger partial charge on any atom is 0.260 e. The Labute approximate surface area is 205 Å². The molecule has 0 bridgehead atoms. The zero-order valence-electron chi connectivity index (χ0n) is 18.9. The smallest absolute Gasteiger partial charge is 0.260 e. The average Bonchev–Trinajstić information content (AvgIpc) is 3.26. The Hall–Kier alpha value is -3.92. The van der Waals surface area contributed by atoms with Crippen molar-refractivity contribution in [3.63, 3.8) is 0 Å². The molecule has 0 spiro atoms. The summed E-state index contributed by atoms with van der Waals surface area (Å²) >= 11 is 1.14. The first-order valence-corrected chi connectivity index (χ1v) is 11.9. The molecule has 1 fully saturated rings. The first-order valence-electron chi connectivity index (χ1n) is 11.1. The summed E-state index contributed by atoms with van der Waals surface area (Å²) in [4.78, 5) is 53.0. The molecule has 1 aliphatic rings. The van der Waals surface area contributed by atoms with Crippen LogP contribution in [0.3, 0.4) is 0 Å². The van der Waals surface area contributed by atoms with E-state index in [2.05, 4.69) is 20.9 Å². The lowest BCUT2D eigenvalue weighted by molar-refractivity contribution is -0.138. The number of thiazole rings is 1. The van der Waals surface area contributed by atoms with E-state index in [4.69, 9.17) is 0 Å². The number of anilines is 2. The van der Waals surface area contributed by atoms with Crippen LogP contribution in [-0.2, 0) is 26.2 Å². The highest BCUT2D eigenvalue weighted by Gasteiger charge is 2.42. The van der Waals surface area contributed by atoms with Crippen LogP contribution in [0.2, 0.25) is 0 Å². The summed E-state index contributed by atoms with van der Waals surface area (Å²) in [6.07, 6.45) is 1.27. The number of halogens is 1. The van der Waals surface area contributed by atoms with Crippen LogP contribution in [0.1, 0.15) is 47.8 Å². The lowest BCUT2D eigenvalue weighted by atomic mass is 9.72. The predicted octanol–water partition coefficient (Wildman–Crippen LogP) is 3.80. The van der Waals surface area contributed by atoms with Crippen molar-refractivity contribution in [1.82, 2.24) is 10.3 Å². The molecule has 2 heterocycles. The largest absolute Gasteiger partial charge is 0.326 e. The lowest BCUT2D eigenvalue weighted by Crippen LogP contribution is -2.51. The molecule has 35 heavy (non-hydrogen) atoms. The van der Waals surface area contributed by atoms with Gasteiger partial charge in [0.15, 0.2) is 5.13 Å². The van der Waals surface area contributed by atoms with E-state index in [1.54, 1.807) is 35.7 Å². The van der Waals surface area contributed by atoms with Crippen molar-refractivity contribution in [1.29, 1.82) is 0 Å². The van der Waals surface area contributed by atoms with Crippen LogP contribution in [0.4, 0.5) is 15.2 Å². The van der Waals surface area contributed by atoms with Gasteiger partial charge in [-0.25, -0.2) is 9.37 Å². The van der Waals surface area contributed by atoms with Crippen LogP contribution in [0, 0.1) is 5.82 Å². The van der Waals surface area contributed by atoms with E-state index >= 15 is 0 Å². The highest BCUT2D eigenvalue weighted by molar-refractivity contribution is 7.14. The number of piperidine rings is 1. The number of hydrogen-bond acceptors (Lipinski definition) is 6. The first kappa shape index (κ1) is 24.2. The van der Waals surface area contributed by atoms with Gasteiger partial charge in [0.1, 0.15) is 5.82 Å². The van der Waals surface area contributed by atoms with Crippen molar-refractivity contribution in [3.05, 3.63) is 76.5 Å². The Balaban J connectivity index is 1.36. The second kappa shape index (κ2) is 10.1. The molecule has 0 radical (unpaired) electrons. The summed E-state index contributed by atoms with van der Waals surface area (Å²) in [5, 5.41) is 9.66. The first-order chi connectivity index (χ1) is 16.8. The molecule has 3 aromatic rings. The minimum absolute atomic E-state index is 0.0166. The number of amides is 4. The number of nitrogens with zero attached hydrogens (tertiary/aromatic N) is 1. The van der Waals surface area contributed by atoms with Gasteiger partial charge in [0, 0.05) is 17.5 Å². The van der Waals surface area contributed by atoms with E-state index in [1.165, 1.54) is 18.2 Å². The quantitative estimate of drug-likeness (QED) is 0.432. The Kier molecular flexibility index (Phi) is 7.02. The van der Waals surface area contributed by atoms with Crippen molar-refractivity contribution in [3.8, 4) is 0 Å². The predicted molar refractivity (Wildman–Crippen MR) is 130 cm³/mol. The minimum Gasteiger partial charge on any atom is -0.326 e. The Morgan fingerprint density at radius 3 is 2.54 bits per heavy atom. The SMILES string of the molecule is CCC1(c2ccc(NC(=O)Cc3csc(NC(=O)c4ccccc4F)n3)cc2)CCC(=O)NC1=O. The van der Waals surface area contributed by atoms with Gasteiger partial charge in [0.05, 0.1) is 23.1 Å². The van der Waals surface area contributed by atoms with Crippen LogP contribution in [0.5, 0.6) is 0 Å². The maximum absolute atomic E-state index is 13.8. The van der Waals surface area contributed by atoms with E-state index < -0.39 is 17.1 Å². The second-order valence-corrected chi connectivity index (χ2v) is 9.05. The van der Waals surface area contributed by atoms with E-state index in [0.717, 1.165) is 16.9 Å². The van der Waals surface area contributed by atoms with Crippen LogP contribution in [0.15, 0.2) is 53.9 Å². The molecule has 1 saturated heterocycles. The molecule has 3 N–H and O–H groups in total. The third kappa shape index (κ3) is 5.27. The van der Waals surface area contributed by atoms with Crippen molar-refractivity contribution < 1.29 is 23.6 Å². The van der Waals surface area contributed by atoms with Crippen LogP contribution < -0.4 is 16.0 Å². The van der Waals surface area contributed by atoms with Gasteiger partial charge in [-0.3, -0.25) is 29.8 Å². The van der Waals surface area contributed by atoms with Crippen molar-refractivity contribution in [2.75, 3.05) is 10.6 Å².